The molecule has 90 valence electrons. The van der Waals surface area contributed by atoms with Crippen LogP contribution >= 0.6 is 11.6 Å². The maximum atomic E-state index is 11.1. The van der Waals surface area contributed by atoms with E-state index in [0.29, 0.717) is 17.5 Å². The van der Waals surface area contributed by atoms with Gasteiger partial charge in [-0.25, -0.2) is 4.98 Å². The first-order valence-electron chi connectivity index (χ1n) is 5.10. The summed E-state index contributed by atoms with van der Waals surface area (Å²) in [6.45, 7) is 0.402. The van der Waals surface area contributed by atoms with Crippen LogP contribution in [0, 0.1) is 0 Å². The first-order chi connectivity index (χ1) is 8.13. The Morgan fingerprint density at radius 3 is 3.06 bits per heavy atom. The van der Waals surface area contributed by atoms with Crippen molar-refractivity contribution < 1.29 is 9.53 Å². The third-order valence-corrected chi connectivity index (χ3v) is 2.82. The predicted molar refractivity (Wildman–Crippen MR) is 65.8 cm³/mol. The van der Waals surface area contributed by atoms with Crippen molar-refractivity contribution in [2.24, 2.45) is 0 Å². The topological polar surface area (TPSA) is 70.1 Å². The fourth-order valence-corrected chi connectivity index (χ4v) is 1.96. The molecule has 0 aliphatic heterocycles. The number of nitrogens with zero attached hydrogens (tertiary/aromatic N) is 2. The van der Waals surface area contributed by atoms with Crippen LogP contribution in [-0.2, 0) is 16.1 Å². The molecular formula is C11H12ClN3O2. The second-order valence-electron chi connectivity index (χ2n) is 3.56. The lowest BCUT2D eigenvalue weighted by atomic mass is 10.3. The largest absolute Gasteiger partial charge is 0.469 e. The fourth-order valence-electron chi connectivity index (χ4n) is 1.69. The summed E-state index contributed by atoms with van der Waals surface area (Å²) in [5, 5.41) is 0.566. The van der Waals surface area contributed by atoms with E-state index in [-0.39, 0.29) is 12.4 Å². The predicted octanol–water partition coefficient (Wildman–Crippen LogP) is 1.83. The third-order valence-electron chi connectivity index (χ3n) is 2.51. The average molecular weight is 254 g/mol. The van der Waals surface area contributed by atoms with Crippen LogP contribution in [0.15, 0.2) is 18.2 Å². The number of imidazole rings is 1. The number of ether oxygens (including phenoxy) is 1. The number of hydrogen-bond donors (Lipinski definition) is 1. The molecule has 0 saturated heterocycles. The normalized spacial score (nSPS) is 10.7. The summed E-state index contributed by atoms with van der Waals surface area (Å²) in [5.41, 5.74) is 7.26. The zero-order chi connectivity index (χ0) is 12.4. The number of benzene rings is 1. The molecule has 0 aliphatic rings. The molecule has 2 rings (SSSR count). The molecule has 17 heavy (non-hydrogen) atoms. The van der Waals surface area contributed by atoms with Gasteiger partial charge in [-0.2, -0.15) is 0 Å². The summed E-state index contributed by atoms with van der Waals surface area (Å²) < 4.78 is 6.30. The van der Waals surface area contributed by atoms with Crippen LogP contribution in [-0.4, -0.2) is 22.6 Å². The molecule has 0 fully saturated rings. The van der Waals surface area contributed by atoms with E-state index in [1.54, 1.807) is 10.6 Å². The molecule has 0 unspecified atom stereocenters. The van der Waals surface area contributed by atoms with Crippen LogP contribution in [0.3, 0.4) is 0 Å². The summed E-state index contributed by atoms with van der Waals surface area (Å²) in [7, 11) is 1.35. The van der Waals surface area contributed by atoms with Gasteiger partial charge in [-0.15, -0.1) is 0 Å². The Morgan fingerprint density at radius 1 is 1.59 bits per heavy atom. The molecule has 0 bridgehead atoms. The lowest BCUT2D eigenvalue weighted by Gasteiger charge is -2.06. The highest BCUT2D eigenvalue weighted by molar-refractivity contribution is 6.35. The van der Waals surface area contributed by atoms with E-state index < -0.39 is 0 Å². The van der Waals surface area contributed by atoms with Crippen molar-refractivity contribution in [3.8, 4) is 0 Å². The van der Waals surface area contributed by atoms with Gasteiger partial charge in [-0.1, -0.05) is 17.7 Å². The van der Waals surface area contributed by atoms with Crippen LogP contribution in [0.2, 0.25) is 5.02 Å². The molecule has 1 heterocycles. The van der Waals surface area contributed by atoms with Crippen LogP contribution in [0.4, 0.5) is 5.95 Å². The maximum Gasteiger partial charge on any atom is 0.307 e. The minimum absolute atomic E-state index is 0.234. The number of carbonyl (C=O) groups excluding carboxylic acids is 1. The lowest BCUT2D eigenvalue weighted by Crippen LogP contribution is -2.09. The summed E-state index contributed by atoms with van der Waals surface area (Å²) in [4.78, 5) is 15.3. The SMILES string of the molecule is COC(=O)CCn1c(N)nc2cccc(Cl)c21. The number of hydrogen-bond acceptors (Lipinski definition) is 4. The zero-order valence-electron chi connectivity index (χ0n) is 9.31. The molecule has 0 atom stereocenters. The fraction of sp³-hybridized carbons (Fsp3) is 0.273. The van der Waals surface area contributed by atoms with E-state index in [0.717, 1.165) is 11.0 Å². The van der Waals surface area contributed by atoms with Gasteiger partial charge in [0.15, 0.2) is 0 Å². The van der Waals surface area contributed by atoms with Gasteiger partial charge in [-0.05, 0) is 12.1 Å². The first kappa shape index (κ1) is 11.7. The van der Waals surface area contributed by atoms with E-state index >= 15 is 0 Å². The number of esters is 1. The number of rotatable bonds is 3. The van der Waals surface area contributed by atoms with Gasteiger partial charge >= 0.3 is 5.97 Å². The van der Waals surface area contributed by atoms with Crippen molar-refractivity contribution in [3.05, 3.63) is 23.2 Å². The Bertz CT molecular complexity index is 565. The third kappa shape index (κ3) is 2.19. The van der Waals surface area contributed by atoms with E-state index in [4.69, 9.17) is 17.3 Å². The standard InChI is InChI=1S/C11H12ClN3O2/c1-17-9(16)5-6-15-10-7(12)3-2-4-8(10)14-11(15)13/h2-4H,5-6H2,1H3,(H2,13,14). The molecule has 1 aromatic heterocycles. The Morgan fingerprint density at radius 2 is 2.35 bits per heavy atom. The van der Waals surface area contributed by atoms with E-state index in [1.165, 1.54) is 7.11 Å². The van der Waals surface area contributed by atoms with Gasteiger partial charge in [0, 0.05) is 6.54 Å². The highest BCUT2D eigenvalue weighted by atomic mass is 35.5. The van der Waals surface area contributed by atoms with Crippen molar-refractivity contribution in [2.75, 3.05) is 12.8 Å². The Balaban J connectivity index is 2.39. The summed E-state index contributed by atoms with van der Waals surface area (Å²) in [5.74, 6) is 0.0512. The second-order valence-corrected chi connectivity index (χ2v) is 3.96. The number of nitrogens with two attached hydrogens (primary N) is 1. The molecule has 0 radical (unpaired) electrons. The molecule has 5 nitrogen and oxygen atoms in total. The van der Waals surface area contributed by atoms with E-state index in [1.807, 2.05) is 12.1 Å². The van der Waals surface area contributed by atoms with Crippen molar-refractivity contribution in [2.45, 2.75) is 13.0 Å². The van der Waals surface area contributed by atoms with E-state index in [2.05, 4.69) is 9.72 Å². The van der Waals surface area contributed by atoms with Crippen LogP contribution in [0.5, 0.6) is 0 Å². The number of fused-ring (bicyclic) bond motifs is 1. The van der Waals surface area contributed by atoms with Crippen molar-refractivity contribution >= 4 is 34.6 Å². The summed E-state index contributed by atoms with van der Waals surface area (Å²) in [6.07, 6.45) is 0.234. The number of methoxy groups -OCH3 is 1. The van der Waals surface area contributed by atoms with Gasteiger partial charge < -0.3 is 15.0 Å². The maximum absolute atomic E-state index is 11.1. The molecule has 0 spiro atoms. The highest BCUT2D eigenvalue weighted by Crippen LogP contribution is 2.25. The van der Waals surface area contributed by atoms with Gasteiger partial charge in [0.05, 0.1) is 29.6 Å². The lowest BCUT2D eigenvalue weighted by molar-refractivity contribution is -0.140. The van der Waals surface area contributed by atoms with Crippen LogP contribution in [0.25, 0.3) is 11.0 Å². The monoisotopic (exact) mass is 253 g/mol. The number of para-hydroxylation sites is 1. The molecule has 2 N–H and O–H groups in total. The zero-order valence-corrected chi connectivity index (χ0v) is 10.1. The Hall–Kier alpha value is -1.75. The molecule has 0 saturated carbocycles. The van der Waals surface area contributed by atoms with Gasteiger partial charge in [0.25, 0.3) is 0 Å². The minimum Gasteiger partial charge on any atom is -0.469 e. The molecule has 0 amide bonds. The number of carbonyl (C=O) groups is 1. The van der Waals surface area contributed by atoms with Crippen LogP contribution < -0.4 is 5.73 Å². The molecule has 1 aromatic carbocycles. The van der Waals surface area contributed by atoms with Crippen molar-refractivity contribution in [1.82, 2.24) is 9.55 Å². The number of aryl methyl sites for hydroxylation is 1. The number of nitrogen functional groups attached to an aromatic ring is 1. The quantitative estimate of drug-likeness (QED) is 0.848. The smallest absolute Gasteiger partial charge is 0.307 e. The number of halogens is 1. The second kappa shape index (κ2) is 4.63. The molecule has 6 heteroatoms. The molecule has 2 aromatic rings. The highest BCUT2D eigenvalue weighted by Gasteiger charge is 2.12. The Kier molecular flexibility index (Phi) is 3.19. The average Bonchev–Trinajstić information content (AvgIpc) is 2.63. The van der Waals surface area contributed by atoms with Crippen molar-refractivity contribution in [1.29, 1.82) is 0 Å². The van der Waals surface area contributed by atoms with Gasteiger partial charge in [0.1, 0.15) is 0 Å². The number of anilines is 1. The van der Waals surface area contributed by atoms with Crippen LogP contribution in [0.1, 0.15) is 6.42 Å². The van der Waals surface area contributed by atoms with E-state index in [9.17, 15) is 4.79 Å². The Labute approximate surface area is 103 Å². The van der Waals surface area contributed by atoms with Gasteiger partial charge in [0.2, 0.25) is 5.95 Å². The van der Waals surface area contributed by atoms with Gasteiger partial charge in [-0.3, -0.25) is 4.79 Å². The first-order valence-corrected chi connectivity index (χ1v) is 5.48. The summed E-state index contributed by atoms with van der Waals surface area (Å²) in [6, 6.07) is 5.40. The molecular weight excluding hydrogens is 242 g/mol. The van der Waals surface area contributed by atoms with Crippen molar-refractivity contribution in [3.63, 3.8) is 0 Å². The number of aromatic nitrogens is 2. The minimum atomic E-state index is -0.293. The summed E-state index contributed by atoms with van der Waals surface area (Å²) >= 11 is 6.09. The molecule has 0 aliphatic carbocycles.